The lowest BCUT2D eigenvalue weighted by Crippen LogP contribution is -2.48. The topological polar surface area (TPSA) is 61.8 Å². The average Bonchev–Trinajstić information content (AvgIpc) is 2.97. The molecule has 5 nitrogen and oxygen atoms in total. The van der Waals surface area contributed by atoms with Gasteiger partial charge in [0.05, 0.1) is 11.4 Å². The third-order valence-electron chi connectivity index (χ3n) is 5.76. The Hall–Kier alpha value is -3.73. The van der Waals surface area contributed by atoms with E-state index < -0.39 is 6.04 Å². The summed E-state index contributed by atoms with van der Waals surface area (Å²) in [4.78, 5) is 32.9. The number of benzene rings is 3. The molecule has 2 amide bonds. The van der Waals surface area contributed by atoms with Gasteiger partial charge >= 0.3 is 0 Å². The Morgan fingerprint density at radius 3 is 2.41 bits per heavy atom. The Labute approximate surface area is 188 Å². The monoisotopic (exact) mass is 425 g/mol. The normalized spacial score (nSPS) is 14.2. The number of nitrogens with zero attached hydrogens (tertiary/aromatic N) is 2. The predicted octanol–water partition coefficient (Wildman–Crippen LogP) is 4.85. The number of rotatable bonds is 6. The number of aliphatic imine (C=N–C) groups is 1. The first kappa shape index (κ1) is 21.5. The molecule has 0 spiro atoms. The van der Waals surface area contributed by atoms with Gasteiger partial charge in [-0.3, -0.25) is 19.5 Å². The second-order valence-corrected chi connectivity index (χ2v) is 7.74. The highest BCUT2D eigenvalue weighted by Crippen LogP contribution is 2.30. The van der Waals surface area contributed by atoms with Gasteiger partial charge in [0.1, 0.15) is 12.6 Å². The summed E-state index contributed by atoms with van der Waals surface area (Å²) < 4.78 is 0. The summed E-state index contributed by atoms with van der Waals surface area (Å²) in [6, 6.07) is 24.7. The number of amides is 2. The van der Waals surface area contributed by atoms with Crippen LogP contribution in [-0.4, -0.2) is 30.1 Å². The van der Waals surface area contributed by atoms with Crippen LogP contribution in [0.1, 0.15) is 37.0 Å². The number of hydrogen-bond donors (Lipinski definition) is 1. The van der Waals surface area contributed by atoms with Crippen molar-refractivity contribution in [3.05, 3.63) is 95.6 Å². The smallest absolute Gasteiger partial charge is 0.249 e. The van der Waals surface area contributed by atoms with Crippen molar-refractivity contribution in [1.29, 1.82) is 0 Å². The quantitative estimate of drug-likeness (QED) is 0.614. The van der Waals surface area contributed by atoms with E-state index in [1.54, 1.807) is 4.90 Å². The standard InChI is InChI=1S/C27H27N3O2/c1-3-19-12-8-10-16-22(19)29-27(32)23(4-2)30-24-17-11-9-15-21(24)26(28-18-25(30)31)20-13-6-5-7-14-20/h5-17,23H,3-4,18H2,1-2H3,(H,29,32)/t23-/m1/s1. The van der Waals surface area contributed by atoms with Crippen molar-refractivity contribution in [3.8, 4) is 0 Å². The zero-order valence-electron chi connectivity index (χ0n) is 18.4. The van der Waals surface area contributed by atoms with Gasteiger partial charge in [0, 0.05) is 16.8 Å². The molecule has 4 rings (SSSR count). The van der Waals surface area contributed by atoms with Crippen LogP contribution in [0.3, 0.4) is 0 Å². The largest absolute Gasteiger partial charge is 0.324 e. The van der Waals surface area contributed by atoms with Gasteiger partial charge in [0.25, 0.3) is 0 Å². The third kappa shape index (κ3) is 4.19. The van der Waals surface area contributed by atoms with Crippen molar-refractivity contribution in [3.63, 3.8) is 0 Å². The van der Waals surface area contributed by atoms with Gasteiger partial charge in [-0.2, -0.15) is 0 Å². The highest BCUT2D eigenvalue weighted by molar-refractivity contribution is 6.20. The highest BCUT2D eigenvalue weighted by Gasteiger charge is 2.33. The lowest BCUT2D eigenvalue weighted by molar-refractivity contribution is -0.123. The fourth-order valence-corrected chi connectivity index (χ4v) is 4.16. The summed E-state index contributed by atoms with van der Waals surface area (Å²) in [7, 11) is 0. The molecule has 1 aliphatic heterocycles. The zero-order valence-corrected chi connectivity index (χ0v) is 18.4. The van der Waals surface area contributed by atoms with Crippen molar-refractivity contribution in [2.45, 2.75) is 32.7 Å². The summed E-state index contributed by atoms with van der Waals surface area (Å²) in [5, 5.41) is 3.05. The zero-order chi connectivity index (χ0) is 22.5. The van der Waals surface area contributed by atoms with Crippen LogP contribution in [0.4, 0.5) is 11.4 Å². The minimum absolute atomic E-state index is 0.00572. The third-order valence-corrected chi connectivity index (χ3v) is 5.76. The van der Waals surface area contributed by atoms with Crippen LogP contribution < -0.4 is 10.2 Å². The van der Waals surface area contributed by atoms with Crippen molar-refractivity contribution in [1.82, 2.24) is 0 Å². The predicted molar refractivity (Wildman–Crippen MR) is 129 cm³/mol. The van der Waals surface area contributed by atoms with Crippen LogP contribution in [0, 0.1) is 0 Å². The minimum atomic E-state index is -0.640. The number of benzodiazepines with no additional fused rings is 1. The van der Waals surface area contributed by atoms with E-state index in [2.05, 4.69) is 17.2 Å². The molecule has 1 atom stereocenters. The fraction of sp³-hybridized carbons (Fsp3) is 0.222. The molecular formula is C27H27N3O2. The van der Waals surface area contributed by atoms with Crippen LogP contribution in [0.5, 0.6) is 0 Å². The lowest BCUT2D eigenvalue weighted by atomic mass is 9.99. The SMILES string of the molecule is CCc1ccccc1NC(=O)[C@@H](CC)N1C(=O)CN=C(c2ccccc2)c2ccccc21. The van der Waals surface area contributed by atoms with Gasteiger partial charge in [-0.25, -0.2) is 0 Å². The molecule has 1 aliphatic rings. The van der Waals surface area contributed by atoms with Gasteiger partial charge in [0.15, 0.2) is 0 Å². The van der Waals surface area contributed by atoms with Crippen molar-refractivity contribution in [2.24, 2.45) is 4.99 Å². The molecule has 3 aromatic carbocycles. The summed E-state index contributed by atoms with van der Waals surface area (Å²) in [6.45, 7) is 3.98. The molecule has 0 aliphatic carbocycles. The Bertz CT molecular complexity index is 1150. The summed E-state index contributed by atoms with van der Waals surface area (Å²) >= 11 is 0. The number of anilines is 2. The maximum Gasteiger partial charge on any atom is 0.249 e. The minimum Gasteiger partial charge on any atom is -0.324 e. The Morgan fingerprint density at radius 2 is 1.66 bits per heavy atom. The van der Waals surface area contributed by atoms with E-state index in [4.69, 9.17) is 0 Å². The molecule has 0 aromatic heterocycles. The van der Waals surface area contributed by atoms with E-state index >= 15 is 0 Å². The number of para-hydroxylation sites is 2. The van der Waals surface area contributed by atoms with Gasteiger partial charge < -0.3 is 5.32 Å². The number of nitrogens with one attached hydrogen (secondary N) is 1. The molecular weight excluding hydrogens is 398 g/mol. The maximum absolute atomic E-state index is 13.4. The average molecular weight is 426 g/mol. The molecule has 3 aromatic rings. The molecule has 5 heteroatoms. The first-order valence-electron chi connectivity index (χ1n) is 11.0. The molecule has 0 bridgehead atoms. The van der Waals surface area contributed by atoms with E-state index in [1.165, 1.54) is 0 Å². The molecule has 0 radical (unpaired) electrons. The first-order valence-corrected chi connectivity index (χ1v) is 11.0. The van der Waals surface area contributed by atoms with Crippen molar-refractivity contribution < 1.29 is 9.59 Å². The molecule has 0 saturated carbocycles. The molecule has 0 fully saturated rings. The number of aryl methyl sites for hydroxylation is 1. The Morgan fingerprint density at radius 1 is 0.969 bits per heavy atom. The van der Waals surface area contributed by atoms with Gasteiger partial charge in [-0.05, 0) is 30.5 Å². The Kier molecular flexibility index (Phi) is 6.45. The highest BCUT2D eigenvalue weighted by atomic mass is 16.2. The Balaban J connectivity index is 1.72. The van der Waals surface area contributed by atoms with Crippen LogP contribution >= 0.6 is 0 Å². The van der Waals surface area contributed by atoms with Crippen LogP contribution in [0.2, 0.25) is 0 Å². The van der Waals surface area contributed by atoms with Crippen molar-refractivity contribution in [2.75, 3.05) is 16.8 Å². The fourth-order valence-electron chi connectivity index (χ4n) is 4.16. The molecule has 162 valence electrons. The molecule has 1 N–H and O–H groups in total. The molecule has 1 heterocycles. The van der Waals surface area contributed by atoms with E-state index in [0.29, 0.717) is 12.1 Å². The number of hydrogen-bond acceptors (Lipinski definition) is 3. The summed E-state index contributed by atoms with van der Waals surface area (Å²) in [5.74, 6) is -0.381. The lowest BCUT2D eigenvalue weighted by Gasteiger charge is -2.30. The molecule has 0 saturated heterocycles. The van der Waals surface area contributed by atoms with E-state index in [9.17, 15) is 9.59 Å². The van der Waals surface area contributed by atoms with Crippen molar-refractivity contribution >= 4 is 28.9 Å². The summed E-state index contributed by atoms with van der Waals surface area (Å²) in [6.07, 6.45) is 1.30. The summed E-state index contributed by atoms with van der Waals surface area (Å²) in [5.41, 5.74) is 5.13. The van der Waals surface area contributed by atoms with Crippen LogP contribution in [-0.2, 0) is 16.0 Å². The number of fused-ring (bicyclic) bond motifs is 1. The van der Waals surface area contributed by atoms with Crippen LogP contribution in [0.25, 0.3) is 0 Å². The van der Waals surface area contributed by atoms with Gasteiger partial charge in [-0.1, -0.05) is 80.6 Å². The second kappa shape index (κ2) is 9.60. The van der Waals surface area contributed by atoms with Crippen LogP contribution in [0.15, 0.2) is 83.9 Å². The maximum atomic E-state index is 13.4. The number of carbonyl (C=O) groups excluding carboxylic acids is 2. The van der Waals surface area contributed by atoms with E-state index in [0.717, 1.165) is 34.5 Å². The van der Waals surface area contributed by atoms with Gasteiger partial charge in [0.2, 0.25) is 11.8 Å². The number of carbonyl (C=O) groups is 2. The first-order chi connectivity index (χ1) is 15.6. The van der Waals surface area contributed by atoms with E-state index in [1.807, 2.05) is 85.8 Å². The molecule has 0 unspecified atom stereocenters. The van der Waals surface area contributed by atoms with Gasteiger partial charge in [-0.15, -0.1) is 0 Å². The second-order valence-electron chi connectivity index (χ2n) is 7.74. The van der Waals surface area contributed by atoms with E-state index in [-0.39, 0.29) is 18.4 Å². The molecule has 32 heavy (non-hydrogen) atoms.